The van der Waals surface area contributed by atoms with Crippen molar-refractivity contribution in [1.82, 2.24) is 10.9 Å². The lowest BCUT2D eigenvalue weighted by atomic mass is 10.2. The summed E-state index contributed by atoms with van der Waals surface area (Å²) in [6.07, 6.45) is 6.63. The normalized spacial score (nSPS) is 11.0. The first-order chi connectivity index (χ1) is 13.7. The lowest BCUT2D eigenvalue weighted by Crippen LogP contribution is -2.19. The molecule has 0 aliphatic carbocycles. The molecule has 0 saturated heterocycles. The van der Waals surface area contributed by atoms with E-state index in [1.165, 1.54) is 0 Å². The Morgan fingerprint density at radius 2 is 1.07 bits per heavy atom. The van der Waals surface area contributed by atoms with Crippen molar-refractivity contribution in [3.63, 3.8) is 0 Å². The van der Waals surface area contributed by atoms with Crippen molar-refractivity contribution in [3.05, 3.63) is 71.8 Å². The minimum atomic E-state index is -0.148. The lowest BCUT2D eigenvalue weighted by molar-refractivity contribution is -0.123. The largest absolute Gasteiger partial charge is 0.273 e. The summed E-state index contributed by atoms with van der Waals surface area (Å²) >= 11 is 0. The summed E-state index contributed by atoms with van der Waals surface area (Å²) in [6, 6.07) is 19.8. The molecular weight excluding hydrogens is 352 g/mol. The molecule has 0 atom stereocenters. The van der Waals surface area contributed by atoms with E-state index in [4.69, 9.17) is 0 Å². The molecule has 0 spiro atoms. The lowest BCUT2D eigenvalue weighted by Gasteiger charge is -2.01. The molecule has 0 bridgehead atoms. The molecular formula is C22H26N4O2. The van der Waals surface area contributed by atoms with Crippen LogP contribution in [0.4, 0.5) is 0 Å². The van der Waals surface area contributed by atoms with E-state index in [0.717, 1.165) is 11.1 Å². The van der Waals surface area contributed by atoms with Crippen molar-refractivity contribution in [2.24, 2.45) is 10.2 Å². The monoisotopic (exact) mass is 378 g/mol. The Morgan fingerprint density at radius 1 is 0.679 bits per heavy atom. The zero-order chi connectivity index (χ0) is 19.9. The van der Waals surface area contributed by atoms with Crippen molar-refractivity contribution in [3.8, 4) is 0 Å². The molecule has 0 aliphatic rings. The summed E-state index contributed by atoms with van der Waals surface area (Å²) < 4.78 is 0. The number of carbonyl (C=O) groups is 2. The van der Waals surface area contributed by atoms with Gasteiger partial charge in [0.15, 0.2) is 0 Å². The van der Waals surface area contributed by atoms with Gasteiger partial charge >= 0.3 is 0 Å². The minimum absolute atomic E-state index is 0.148. The number of hydrogen-bond acceptors (Lipinski definition) is 4. The van der Waals surface area contributed by atoms with Crippen molar-refractivity contribution >= 4 is 24.2 Å². The second-order valence-electron chi connectivity index (χ2n) is 6.28. The van der Waals surface area contributed by atoms with Crippen molar-refractivity contribution in [2.45, 2.75) is 38.5 Å². The van der Waals surface area contributed by atoms with Gasteiger partial charge < -0.3 is 0 Å². The highest BCUT2D eigenvalue weighted by Crippen LogP contribution is 2.01. The number of carbonyl (C=O) groups excluding carboxylic acids is 2. The van der Waals surface area contributed by atoms with Crippen molar-refractivity contribution in [2.75, 3.05) is 0 Å². The fourth-order valence-electron chi connectivity index (χ4n) is 2.45. The van der Waals surface area contributed by atoms with Crippen LogP contribution in [0.2, 0.25) is 0 Å². The molecule has 2 N–H and O–H groups in total. The zero-order valence-electron chi connectivity index (χ0n) is 15.9. The van der Waals surface area contributed by atoms with E-state index in [9.17, 15) is 9.59 Å². The zero-order valence-corrected chi connectivity index (χ0v) is 15.9. The summed E-state index contributed by atoms with van der Waals surface area (Å²) in [5, 5.41) is 7.86. The van der Waals surface area contributed by atoms with E-state index in [0.29, 0.717) is 38.5 Å². The van der Waals surface area contributed by atoms with Crippen molar-refractivity contribution in [1.29, 1.82) is 0 Å². The van der Waals surface area contributed by atoms with Gasteiger partial charge in [-0.15, -0.1) is 0 Å². The Balaban J connectivity index is 1.49. The number of rotatable bonds is 11. The molecule has 2 aromatic rings. The van der Waals surface area contributed by atoms with Crippen LogP contribution in [-0.4, -0.2) is 24.2 Å². The molecule has 0 aromatic heterocycles. The van der Waals surface area contributed by atoms with E-state index in [1.54, 1.807) is 12.4 Å². The average Bonchev–Trinajstić information content (AvgIpc) is 2.73. The van der Waals surface area contributed by atoms with E-state index < -0.39 is 0 Å². The van der Waals surface area contributed by atoms with Crippen LogP contribution in [0.3, 0.4) is 0 Å². The summed E-state index contributed by atoms with van der Waals surface area (Å²) in [4.78, 5) is 23.4. The maximum absolute atomic E-state index is 11.7. The topological polar surface area (TPSA) is 82.9 Å². The smallest absolute Gasteiger partial charge is 0.240 e. The molecule has 2 rings (SSSR count). The molecule has 0 radical (unpaired) electrons. The number of hydrazone groups is 2. The Bertz CT molecular complexity index is 706. The predicted molar refractivity (Wildman–Crippen MR) is 112 cm³/mol. The molecule has 0 fully saturated rings. The fourth-order valence-corrected chi connectivity index (χ4v) is 2.45. The van der Waals surface area contributed by atoms with Gasteiger partial charge in [0.1, 0.15) is 0 Å². The Hall–Kier alpha value is -3.28. The Kier molecular flexibility index (Phi) is 9.74. The van der Waals surface area contributed by atoms with Crippen LogP contribution >= 0.6 is 0 Å². The van der Waals surface area contributed by atoms with E-state index in [2.05, 4.69) is 21.1 Å². The summed E-state index contributed by atoms with van der Waals surface area (Å²) in [5.41, 5.74) is 7.28. The minimum Gasteiger partial charge on any atom is -0.273 e. The van der Waals surface area contributed by atoms with Gasteiger partial charge in [-0.05, 0) is 24.0 Å². The number of nitrogens with one attached hydrogen (secondary N) is 2. The highest BCUT2D eigenvalue weighted by Gasteiger charge is 2.02. The van der Waals surface area contributed by atoms with Crippen molar-refractivity contribution < 1.29 is 9.59 Å². The van der Waals surface area contributed by atoms with Crippen LogP contribution in [0.25, 0.3) is 0 Å². The second-order valence-corrected chi connectivity index (χ2v) is 6.28. The van der Waals surface area contributed by atoms with Gasteiger partial charge in [-0.2, -0.15) is 10.2 Å². The third-order valence-electron chi connectivity index (χ3n) is 3.96. The second kappa shape index (κ2) is 13.0. The molecule has 2 amide bonds. The molecule has 0 heterocycles. The van der Waals surface area contributed by atoms with Crippen LogP contribution in [0.1, 0.15) is 36.8 Å². The van der Waals surface area contributed by atoms with Gasteiger partial charge in [0, 0.05) is 38.1 Å². The third-order valence-corrected chi connectivity index (χ3v) is 3.96. The van der Waals surface area contributed by atoms with Crippen LogP contribution in [0, 0.1) is 0 Å². The van der Waals surface area contributed by atoms with Crippen LogP contribution in [-0.2, 0) is 22.4 Å². The third kappa shape index (κ3) is 9.43. The molecule has 0 unspecified atom stereocenters. The standard InChI is InChI=1S/C22H26N4O2/c27-21(25-23-17-15-19-9-3-1-4-10-19)13-7-8-14-22(28)26-24-18-16-20-11-5-2-6-12-20/h1-6,9-12,17-18H,7-8,13-16H2,(H,25,27)(H,26,28)/b23-17-,24-18-. The quantitative estimate of drug-likeness (QED) is 0.357. The van der Waals surface area contributed by atoms with Crippen LogP contribution in [0.15, 0.2) is 70.9 Å². The fraction of sp³-hybridized carbons (Fsp3) is 0.273. The molecule has 146 valence electrons. The molecule has 6 heteroatoms. The van der Waals surface area contributed by atoms with Gasteiger partial charge in [0.05, 0.1) is 0 Å². The van der Waals surface area contributed by atoms with Crippen LogP contribution < -0.4 is 10.9 Å². The van der Waals surface area contributed by atoms with Crippen LogP contribution in [0.5, 0.6) is 0 Å². The molecule has 6 nitrogen and oxygen atoms in total. The van der Waals surface area contributed by atoms with Gasteiger partial charge in [-0.1, -0.05) is 60.7 Å². The average molecular weight is 378 g/mol. The Morgan fingerprint density at radius 3 is 1.46 bits per heavy atom. The number of amides is 2. The first kappa shape index (κ1) is 21.0. The number of nitrogens with zero attached hydrogens (tertiary/aromatic N) is 2. The Labute approximate surface area is 165 Å². The first-order valence-electron chi connectivity index (χ1n) is 9.42. The predicted octanol–water partition coefficient (Wildman–Crippen LogP) is 3.24. The summed E-state index contributed by atoms with van der Waals surface area (Å²) in [5.74, 6) is -0.295. The highest BCUT2D eigenvalue weighted by molar-refractivity contribution is 5.78. The van der Waals surface area contributed by atoms with E-state index >= 15 is 0 Å². The van der Waals surface area contributed by atoms with Gasteiger partial charge in [0.2, 0.25) is 11.8 Å². The molecule has 0 aliphatic heterocycles. The van der Waals surface area contributed by atoms with Gasteiger partial charge in [-0.25, -0.2) is 10.9 Å². The molecule has 28 heavy (non-hydrogen) atoms. The van der Waals surface area contributed by atoms with Gasteiger partial charge in [0.25, 0.3) is 0 Å². The maximum Gasteiger partial charge on any atom is 0.240 e. The molecule has 0 saturated carbocycles. The van der Waals surface area contributed by atoms with Gasteiger partial charge in [-0.3, -0.25) is 9.59 Å². The summed E-state index contributed by atoms with van der Waals surface area (Å²) in [6.45, 7) is 0. The number of hydrogen-bond donors (Lipinski definition) is 2. The van der Waals surface area contributed by atoms with E-state index in [1.807, 2.05) is 60.7 Å². The van der Waals surface area contributed by atoms with E-state index in [-0.39, 0.29) is 11.8 Å². The molecule has 2 aromatic carbocycles. The first-order valence-corrected chi connectivity index (χ1v) is 9.42. The number of unbranched alkanes of at least 4 members (excludes halogenated alkanes) is 1. The maximum atomic E-state index is 11.7. The SMILES string of the molecule is O=C(CCCCC(=O)N/N=C\Cc1ccccc1)N/N=C\Cc1ccccc1. The summed E-state index contributed by atoms with van der Waals surface area (Å²) in [7, 11) is 0. The highest BCUT2D eigenvalue weighted by atomic mass is 16.2. The number of benzene rings is 2.